The quantitative estimate of drug-likeness (QED) is 0.715. The highest BCUT2D eigenvalue weighted by molar-refractivity contribution is 7.09. The van der Waals surface area contributed by atoms with E-state index in [-0.39, 0.29) is 11.7 Å². The Labute approximate surface area is 122 Å². The first kappa shape index (κ1) is 13.3. The highest BCUT2D eigenvalue weighted by atomic mass is 32.1. The zero-order valence-electron chi connectivity index (χ0n) is 11.4. The van der Waals surface area contributed by atoms with Gasteiger partial charge >= 0.3 is 0 Å². The standard InChI is InChI=1S/C10H11N9OS/c1-4-11-9-7(14-15-10-12-5(2)18-21-10)8(13-6(3)20)17-19(9)16-4/h1-3H3,(H,11,16)(H,13,17,20)/b15-14+. The molecule has 0 aliphatic heterocycles. The number of aromatic amines is 1. The molecule has 21 heavy (non-hydrogen) atoms. The van der Waals surface area contributed by atoms with Gasteiger partial charge in [-0.2, -0.15) is 4.37 Å². The maximum Gasteiger partial charge on any atom is 0.249 e. The van der Waals surface area contributed by atoms with Crippen LogP contribution in [0.3, 0.4) is 0 Å². The van der Waals surface area contributed by atoms with Crippen LogP contribution in [0, 0.1) is 13.8 Å². The number of hydrogen-bond acceptors (Lipinski definition) is 8. The predicted octanol–water partition coefficient (Wildman–Crippen LogP) is 1.90. The van der Waals surface area contributed by atoms with Crippen LogP contribution in [0.4, 0.5) is 16.6 Å². The Morgan fingerprint density at radius 2 is 2.14 bits per heavy atom. The molecule has 11 heteroatoms. The maximum absolute atomic E-state index is 11.2. The van der Waals surface area contributed by atoms with Crippen LogP contribution in [0.15, 0.2) is 10.2 Å². The van der Waals surface area contributed by atoms with E-state index in [1.165, 1.54) is 11.6 Å². The molecule has 1 amide bonds. The molecule has 3 heterocycles. The normalized spacial score (nSPS) is 11.6. The van der Waals surface area contributed by atoms with Crippen molar-refractivity contribution in [2.24, 2.45) is 10.2 Å². The third kappa shape index (κ3) is 2.63. The zero-order chi connectivity index (χ0) is 15.0. The third-order valence-electron chi connectivity index (χ3n) is 2.43. The monoisotopic (exact) mass is 305 g/mol. The van der Waals surface area contributed by atoms with Gasteiger partial charge in [-0.05, 0) is 13.8 Å². The number of rotatable bonds is 3. The first-order chi connectivity index (χ1) is 10.0. The number of nitrogens with zero attached hydrogens (tertiary/aromatic N) is 7. The van der Waals surface area contributed by atoms with Crippen LogP contribution < -0.4 is 5.32 Å². The summed E-state index contributed by atoms with van der Waals surface area (Å²) in [5.74, 6) is 1.34. The van der Waals surface area contributed by atoms with E-state index >= 15 is 0 Å². The molecule has 0 saturated carbocycles. The largest absolute Gasteiger partial charge is 0.324 e. The second-order valence-electron chi connectivity index (χ2n) is 4.25. The number of azo groups is 1. The summed E-state index contributed by atoms with van der Waals surface area (Å²) in [5.41, 5.74) is 0.930. The molecule has 3 aromatic rings. The topological polar surface area (TPSA) is 126 Å². The Balaban J connectivity index is 2.04. The van der Waals surface area contributed by atoms with Crippen LogP contribution in [-0.2, 0) is 4.79 Å². The highest BCUT2D eigenvalue weighted by Gasteiger charge is 2.17. The lowest BCUT2D eigenvalue weighted by Crippen LogP contribution is -2.06. The summed E-state index contributed by atoms with van der Waals surface area (Å²) in [6.07, 6.45) is 0. The summed E-state index contributed by atoms with van der Waals surface area (Å²) in [6.45, 7) is 4.96. The molecule has 0 atom stereocenters. The van der Waals surface area contributed by atoms with Gasteiger partial charge in [0.15, 0.2) is 17.2 Å². The van der Waals surface area contributed by atoms with Gasteiger partial charge < -0.3 is 10.3 Å². The first-order valence-electron chi connectivity index (χ1n) is 5.98. The van der Waals surface area contributed by atoms with E-state index in [9.17, 15) is 4.79 Å². The SMILES string of the molecule is CC(=O)Nc1nn2nc(C)[nH]c2c1/N=N/c1nc(C)ns1. The third-order valence-corrected chi connectivity index (χ3v) is 3.13. The smallest absolute Gasteiger partial charge is 0.249 e. The molecular formula is C10H11N9OS. The number of carbonyl (C=O) groups is 1. The fraction of sp³-hybridized carbons (Fsp3) is 0.300. The molecule has 0 fully saturated rings. The van der Waals surface area contributed by atoms with Crippen molar-refractivity contribution in [3.8, 4) is 0 Å². The van der Waals surface area contributed by atoms with Gasteiger partial charge in [0.1, 0.15) is 11.6 Å². The Morgan fingerprint density at radius 1 is 1.33 bits per heavy atom. The van der Waals surface area contributed by atoms with Crippen molar-refractivity contribution >= 4 is 39.7 Å². The number of H-pyrrole nitrogens is 1. The van der Waals surface area contributed by atoms with Crippen LogP contribution in [0.5, 0.6) is 0 Å². The lowest BCUT2D eigenvalue weighted by atomic mass is 10.5. The zero-order valence-corrected chi connectivity index (χ0v) is 12.3. The van der Waals surface area contributed by atoms with Gasteiger partial charge in [-0.25, -0.2) is 4.98 Å². The molecule has 0 unspecified atom stereocenters. The van der Waals surface area contributed by atoms with E-state index in [2.05, 4.69) is 40.1 Å². The molecule has 0 bridgehead atoms. The molecule has 3 rings (SSSR count). The summed E-state index contributed by atoms with van der Waals surface area (Å²) in [6, 6.07) is 0. The number of aryl methyl sites for hydroxylation is 2. The second kappa shape index (κ2) is 5.01. The summed E-state index contributed by atoms with van der Waals surface area (Å²) in [4.78, 5) is 18.3. The van der Waals surface area contributed by atoms with Crippen molar-refractivity contribution in [1.82, 2.24) is 29.2 Å². The maximum atomic E-state index is 11.2. The Kier molecular flexibility index (Phi) is 3.17. The minimum absolute atomic E-state index is 0.254. The Hall–Kier alpha value is -2.69. The second-order valence-corrected chi connectivity index (χ2v) is 4.98. The predicted molar refractivity (Wildman–Crippen MR) is 75.2 cm³/mol. The van der Waals surface area contributed by atoms with E-state index in [1.54, 1.807) is 13.8 Å². The minimum Gasteiger partial charge on any atom is -0.324 e. The average Bonchev–Trinajstić information content (AvgIpc) is 3.02. The molecule has 0 aromatic carbocycles. The lowest BCUT2D eigenvalue weighted by Gasteiger charge is -1.96. The fourth-order valence-electron chi connectivity index (χ4n) is 1.68. The molecule has 0 aliphatic rings. The summed E-state index contributed by atoms with van der Waals surface area (Å²) in [5, 5.41) is 19.4. The van der Waals surface area contributed by atoms with E-state index < -0.39 is 0 Å². The molecule has 0 saturated heterocycles. The molecule has 2 N–H and O–H groups in total. The lowest BCUT2D eigenvalue weighted by molar-refractivity contribution is -0.114. The van der Waals surface area contributed by atoms with Crippen LogP contribution in [-0.4, -0.2) is 35.1 Å². The Bertz CT molecular complexity index is 842. The van der Waals surface area contributed by atoms with Crippen molar-refractivity contribution in [3.63, 3.8) is 0 Å². The van der Waals surface area contributed by atoms with Gasteiger partial charge in [-0.3, -0.25) is 4.79 Å². The van der Waals surface area contributed by atoms with Crippen LogP contribution in [0.1, 0.15) is 18.6 Å². The Morgan fingerprint density at radius 3 is 2.81 bits per heavy atom. The van der Waals surface area contributed by atoms with Crippen molar-refractivity contribution in [2.45, 2.75) is 20.8 Å². The van der Waals surface area contributed by atoms with Gasteiger partial charge in [-0.15, -0.1) is 25.1 Å². The summed E-state index contributed by atoms with van der Waals surface area (Å²) < 4.78 is 5.38. The van der Waals surface area contributed by atoms with Crippen molar-refractivity contribution < 1.29 is 4.79 Å². The van der Waals surface area contributed by atoms with Gasteiger partial charge in [0.05, 0.1) is 0 Å². The van der Waals surface area contributed by atoms with Crippen molar-refractivity contribution in [1.29, 1.82) is 0 Å². The van der Waals surface area contributed by atoms with Crippen LogP contribution in [0.25, 0.3) is 5.65 Å². The van der Waals surface area contributed by atoms with Gasteiger partial charge in [0, 0.05) is 18.5 Å². The first-order valence-corrected chi connectivity index (χ1v) is 6.75. The molecule has 108 valence electrons. The number of fused-ring (bicyclic) bond motifs is 1. The molecule has 10 nitrogen and oxygen atoms in total. The van der Waals surface area contributed by atoms with Gasteiger partial charge in [0.2, 0.25) is 11.0 Å². The number of nitrogens with one attached hydrogen (secondary N) is 2. The number of amides is 1. The number of aromatic nitrogens is 6. The van der Waals surface area contributed by atoms with E-state index in [0.717, 1.165) is 11.5 Å². The van der Waals surface area contributed by atoms with Gasteiger partial charge in [-0.1, -0.05) is 0 Å². The summed E-state index contributed by atoms with van der Waals surface area (Å²) in [7, 11) is 0. The fourth-order valence-corrected chi connectivity index (χ4v) is 2.19. The average molecular weight is 305 g/mol. The van der Waals surface area contributed by atoms with Crippen LogP contribution in [0.2, 0.25) is 0 Å². The molecule has 0 spiro atoms. The van der Waals surface area contributed by atoms with Crippen molar-refractivity contribution in [3.05, 3.63) is 11.6 Å². The molecule has 0 radical (unpaired) electrons. The highest BCUT2D eigenvalue weighted by Crippen LogP contribution is 2.30. The minimum atomic E-state index is -0.254. The number of anilines is 1. The molecule has 3 aromatic heterocycles. The van der Waals surface area contributed by atoms with Crippen molar-refractivity contribution in [2.75, 3.05) is 5.32 Å². The number of hydrogen-bond donors (Lipinski definition) is 2. The van der Waals surface area contributed by atoms with E-state index in [4.69, 9.17) is 0 Å². The molecule has 0 aliphatic carbocycles. The number of carbonyl (C=O) groups excluding carboxylic acids is 1. The van der Waals surface area contributed by atoms with E-state index in [0.29, 0.717) is 28.1 Å². The van der Waals surface area contributed by atoms with E-state index in [1.807, 2.05) is 0 Å². The van der Waals surface area contributed by atoms with Crippen LogP contribution >= 0.6 is 11.5 Å². The summed E-state index contributed by atoms with van der Waals surface area (Å²) >= 11 is 1.14. The molecular weight excluding hydrogens is 294 g/mol. The van der Waals surface area contributed by atoms with Gasteiger partial charge in [0.25, 0.3) is 0 Å².